The van der Waals surface area contributed by atoms with Crippen LogP contribution >= 0.6 is 0 Å². The fourth-order valence-electron chi connectivity index (χ4n) is 1.39. The molecule has 19 heavy (non-hydrogen) atoms. The first kappa shape index (κ1) is 17.6. The molecule has 0 aliphatic rings. The Morgan fingerprint density at radius 3 is 2.11 bits per heavy atom. The van der Waals surface area contributed by atoms with Crippen LogP contribution in [0.1, 0.15) is 20.3 Å². The van der Waals surface area contributed by atoms with Gasteiger partial charge in [-0.25, -0.2) is 4.79 Å². The van der Waals surface area contributed by atoms with Crippen molar-refractivity contribution in [2.24, 2.45) is 0 Å². The van der Waals surface area contributed by atoms with E-state index in [0.29, 0.717) is 0 Å². The van der Waals surface area contributed by atoms with Crippen LogP contribution in [0.2, 0.25) is 0 Å². The summed E-state index contributed by atoms with van der Waals surface area (Å²) in [4.78, 5) is 22.7. The molecule has 0 radical (unpaired) electrons. The molecule has 0 heterocycles. The Kier molecular flexibility index (Phi) is 8.02. The van der Waals surface area contributed by atoms with Crippen LogP contribution in [-0.4, -0.2) is 51.6 Å². The number of ether oxygens (including phenoxy) is 4. The quantitative estimate of drug-likeness (QED) is 0.463. The van der Waals surface area contributed by atoms with E-state index in [-0.39, 0.29) is 31.8 Å². The highest BCUT2D eigenvalue weighted by atomic mass is 16.6. The molecule has 0 fully saturated rings. The van der Waals surface area contributed by atoms with Crippen LogP contribution in [0, 0.1) is 0 Å². The summed E-state index contributed by atoms with van der Waals surface area (Å²) in [5.41, 5.74) is -0.559. The van der Waals surface area contributed by atoms with E-state index < -0.39 is 17.5 Å². The van der Waals surface area contributed by atoms with Crippen molar-refractivity contribution >= 4 is 11.9 Å². The maximum Gasteiger partial charge on any atom is 0.333 e. The summed E-state index contributed by atoms with van der Waals surface area (Å²) in [6, 6.07) is 0. The maximum atomic E-state index is 11.6. The summed E-state index contributed by atoms with van der Waals surface area (Å²) in [5.74, 6) is -1.00. The van der Waals surface area contributed by atoms with E-state index in [1.807, 2.05) is 0 Å². The molecule has 110 valence electrons. The van der Waals surface area contributed by atoms with Gasteiger partial charge in [0, 0.05) is 19.8 Å². The molecule has 0 spiro atoms. The van der Waals surface area contributed by atoms with Crippen LogP contribution in [0.4, 0.5) is 0 Å². The Morgan fingerprint density at radius 1 is 1.16 bits per heavy atom. The lowest BCUT2D eigenvalue weighted by Gasteiger charge is -2.27. The predicted octanol–water partition coefficient (Wildman–Crippen LogP) is 1.09. The van der Waals surface area contributed by atoms with E-state index in [2.05, 4.69) is 6.58 Å². The molecule has 0 saturated heterocycles. The third-order valence-corrected chi connectivity index (χ3v) is 2.15. The molecule has 0 atom stereocenters. The average Bonchev–Trinajstić information content (AvgIpc) is 2.28. The average molecular weight is 274 g/mol. The minimum absolute atomic E-state index is 0.0258. The normalized spacial score (nSPS) is 10.9. The van der Waals surface area contributed by atoms with Crippen LogP contribution < -0.4 is 0 Å². The Labute approximate surface area is 113 Å². The van der Waals surface area contributed by atoms with Gasteiger partial charge in [0.2, 0.25) is 0 Å². The summed E-state index contributed by atoms with van der Waals surface area (Å²) in [7, 11) is 3.02. The summed E-state index contributed by atoms with van der Waals surface area (Å²) in [6.07, 6.45) is -0.0258. The number of esters is 2. The minimum Gasteiger partial charge on any atom is -0.462 e. The zero-order valence-corrected chi connectivity index (χ0v) is 12.0. The van der Waals surface area contributed by atoms with Crippen molar-refractivity contribution in [1.29, 1.82) is 0 Å². The van der Waals surface area contributed by atoms with Crippen LogP contribution in [0.3, 0.4) is 0 Å². The molecule has 0 amide bonds. The van der Waals surface area contributed by atoms with Crippen molar-refractivity contribution in [3.8, 4) is 0 Å². The van der Waals surface area contributed by atoms with Crippen molar-refractivity contribution in [2.45, 2.75) is 25.9 Å². The standard InChI is InChI=1S/C13H22O6/c1-10(2)12(15)18-7-6-11(14)19-13(3,8-16-4)9-17-5/h1,6-9H2,2-5H3. The van der Waals surface area contributed by atoms with Gasteiger partial charge >= 0.3 is 11.9 Å². The summed E-state index contributed by atoms with van der Waals surface area (Å²) in [5, 5.41) is 0. The third kappa shape index (κ3) is 7.58. The smallest absolute Gasteiger partial charge is 0.333 e. The zero-order chi connectivity index (χ0) is 14.9. The Balaban J connectivity index is 4.13. The molecule has 0 aromatic rings. The van der Waals surface area contributed by atoms with Crippen molar-refractivity contribution < 1.29 is 28.5 Å². The van der Waals surface area contributed by atoms with E-state index >= 15 is 0 Å². The van der Waals surface area contributed by atoms with Gasteiger partial charge in [-0.1, -0.05) is 6.58 Å². The van der Waals surface area contributed by atoms with Crippen molar-refractivity contribution in [3.05, 3.63) is 12.2 Å². The highest BCUT2D eigenvalue weighted by Crippen LogP contribution is 2.12. The SMILES string of the molecule is C=C(C)C(=O)OCCC(=O)OC(C)(COC)COC. The molecule has 0 unspecified atom stereocenters. The van der Waals surface area contributed by atoms with E-state index in [0.717, 1.165) is 0 Å². The highest BCUT2D eigenvalue weighted by Gasteiger charge is 2.29. The fourth-order valence-corrected chi connectivity index (χ4v) is 1.39. The number of hydrogen-bond donors (Lipinski definition) is 0. The molecule has 0 aromatic carbocycles. The maximum absolute atomic E-state index is 11.6. The van der Waals surface area contributed by atoms with Gasteiger partial charge in [-0.15, -0.1) is 0 Å². The summed E-state index contributed by atoms with van der Waals surface area (Å²) in [6.45, 7) is 7.08. The molecule has 6 nitrogen and oxygen atoms in total. The van der Waals surface area contributed by atoms with Gasteiger partial charge in [0.05, 0.1) is 19.6 Å². The third-order valence-electron chi connectivity index (χ3n) is 2.15. The fraction of sp³-hybridized carbons (Fsp3) is 0.692. The minimum atomic E-state index is -0.848. The van der Waals surface area contributed by atoms with Gasteiger partial charge in [-0.05, 0) is 13.8 Å². The Morgan fingerprint density at radius 2 is 1.68 bits per heavy atom. The predicted molar refractivity (Wildman–Crippen MR) is 68.6 cm³/mol. The number of rotatable bonds is 9. The molecule has 0 aromatic heterocycles. The van der Waals surface area contributed by atoms with Crippen LogP contribution in [0.5, 0.6) is 0 Å². The highest BCUT2D eigenvalue weighted by molar-refractivity contribution is 5.87. The van der Waals surface area contributed by atoms with Crippen LogP contribution in [0.25, 0.3) is 0 Å². The van der Waals surface area contributed by atoms with Crippen molar-refractivity contribution in [2.75, 3.05) is 34.0 Å². The summed E-state index contributed by atoms with van der Waals surface area (Å²) < 4.78 is 20.0. The largest absolute Gasteiger partial charge is 0.462 e. The topological polar surface area (TPSA) is 71.1 Å². The van der Waals surface area contributed by atoms with Gasteiger partial charge in [0.15, 0.2) is 5.60 Å². The second kappa shape index (κ2) is 8.66. The van der Waals surface area contributed by atoms with Gasteiger partial charge < -0.3 is 18.9 Å². The lowest BCUT2D eigenvalue weighted by Crippen LogP contribution is -2.41. The molecule has 0 N–H and O–H groups in total. The van der Waals surface area contributed by atoms with Crippen molar-refractivity contribution in [3.63, 3.8) is 0 Å². The first-order chi connectivity index (χ1) is 8.84. The first-order valence-electron chi connectivity index (χ1n) is 5.87. The van der Waals surface area contributed by atoms with Gasteiger partial charge in [-0.2, -0.15) is 0 Å². The monoisotopic (exact) mass is 274 g/mol. The van der Waals surface area contributed by atoms with Gasteiger partial charge in [-0.3, -0.25) is 4.79 Å². The number of hydrogen-bond acceptors (Lipinski definition) is 6. The Bertz CT molecular complexity index is 317. The lowest BCUT2D eigenvalue weighted by molar-refractivity contribution is -0.171. The summed E-state index contributed by atoms with van der Waals surface area (Å²) >= 11 is 0. The van der Waals surface area contributed by atoms with Crippen molar-refractivity contribution in [1.82, 2.24) is 0 Å². The second-order valence-electron chi connectivity index (χ2n) is 4.46. The zero-order valence-electron chi connectivity index (χ0n) is 12.0. The lowest BCUT2D eigenvalue weighted by atomic mass is 10.1. The Hall–Kier alpha value is -1.40. The second-order valence-corrected chi connectivity index (χ2v) is 4.46. The van der Waals surface area contributed by atoms with Gasteiger partial charge in [0.1, 0.15) is 6.61 Å². The molecule has 0 rings (SSSR count). The number of carbonyl (C=O) groups is 2. The molecule has 0 aliphatic carbocycles. The molecular formula is C13H22O6. The van der Waals surface area contributed by atoms with E-state index in [4.69, 9.17) is 18.9 Å². The van der Waals surface area contributed by atoms with E-state index in [1.165, 1.54) is 21.1 Å². The molecule has 6 heteroatoms. The molecule has 0 aliphatic heterocycles. The van der Waals surface area contributed by atoms with E-state index in [1.54, 1.807) is 6.92 Å². The first-order valence-corrected chi connectivity index (χ1v) is 5.87. The number of carbonyl (C=O) groups excluding carboxylic acids is 2. The van der Waals surface area contributed by atoms with Crippen LogP contribution in [-0.2, 0) is 28.5 Å². The molecule has 0 saturated carbocycles. The van der Waals surface area contributed by atoms with Gasteiger partial charge in [0.25, 0.3) is 0 Å². The van der Waals surface area contributed by atoms with E-state index in [9.17, 15) is 9.59 Å². The van der Waals surface area contributed by atoms with Crippen LogP contribution in [0.15, 0.2) is 12.2 Å². The number of methoxy groups -OCH3 is 2. The molecular weight excluding hydrogens is 252 g/mol. The molecule has 0 bridgehead atoms.